The van der Waals surface area contributed by atoms with Gasteiger partial charge in [-0.1, -0.05) is 54.6 Å². The summed E-state index contributed by atoms with van der Waals surface area (Å²) in [5, 5.41) is 21.0. The summed E-state index contributed by atoms with van der Waals surface area (Å²) in [7, 11) is 0. The minimum atomic E-state index is -1.03. The molecule has 1 aliphatic heterocycles. The Hall–Kier alpha value is -6.79. The quantitative estimate of drug-likeness (QED) is 0.119. The molecule has 47 heavy (non-hydrogen) atoms. The molecule has 1 aliphatic rings. The summed E-state index contributed by atoms with van der Waals surface area (Å²) in [5.41, 5.74) is -3.08. The number of carbonyl (C=O) groups is 4. The molecule has 12 nitrogen and oxygen atoms in total. The van der Waals surface area contributed by atoms with Crippen molar-refractivity contribution in [3.05, 3.63) is 140 Å². The van der Waals surface area contributed by atoms with Crippen molar-refractivity contribution in [3.63, 3.8) is 0 Å². The highest BCUT2D eigenvalue weighted by Gasteiger charge is 2.41. The largest absolute Gasteiger partial charge is 0.494 e. The van der Waals surface area contributed by atoms with Gasteiger partial charge in [0.1, 0.15) is 11.6 Å². The van der Waals surface area contributed by atoms with Crippen molar-refractivity contribution in [1.82, 2.24) is 4.57 Å². The molecular weight excluding hydrogens is 604 g/mol. The van der Waals surface area contributed by atoms with Gasteiger partial charge >= 0.3 is 11.9 Å². The zero-order valence-electron chi connectivity index (χ0n) is 25.2. The van der Waals surface area contributed by atoms with Crippen molar-refractivity contribution in [2.75, 3.05) is 18.1 Å². The lowest BCUT2D eigenvalue weighted by Crippen LogP contribution is -2.44. The van der Waals surface area contributed by atoms with Crippen molar-refractivity contribution < 1.29 is 33.8 Å². The molecule has 0 radical (unpaired) electrons. The first kappa shape index (κ1) is 33.1. The van der Waals surface area contributed by atoms with Gasteiger partial charge in [0.2, 0.25) is 5.88 Å². The molecule has 0 aliphatic carbocycles. The average Bonchev–Trinajstić information content (AvgIpc) is 3.07. The van der Waals surface area contributed by atoms with Crippen LogP contribution >= 0.6 is 0 Å². The van der Waals surface area contributed by atoms with Gasteiger partial charge in [-0.15, -0.1) is 0 Å². The van der Waals surface area contributed by atoms with Crippen molar-refractivity contribution in [3.8, 4) is 17.6 Å². The van der Waals surface area contributed by atoms with E-state index in [-0.39, 0.29) is 35.7 Å². The highest BCUT2D eigenvalue weighted by molar-refractivity contribution is 6.34. The van der Waals surface area contributed by atoms with E-state index >= 15 is 0 Å². The Morgan fingerprint density at radius 2 is 1.49 bits per heavy atom. The van der Waals surface area contributed by atoms with Crippen LogP contribution in [0.25, 0.3) is 16.6 Å². The van der Waals surface area contributed by atoms with Gasteiger partial charge in [0, 0.05) is 5.57 Å². The van der Waals surface area contributed by atoms with E-state index in [2.05, 4.69) is 4.85 Å². The number of allylic oxidation sites excluding steroid dienone is 4. The molecule has 0 fully saturated rings. The Morgan fingerprint density at radius 3 is 2.06 bits per heavy atom. The van der Waals surface area contributed by atoms with Gasteiger partial charge in [0.15, 0.2) is 0 Å². The van der Waals surface area contributed by atoms with Crippen molar-refractivity contribution in [2.45, 2.75) is 13.8 Å². The number of imide groups is 1. The number of carbonyl (C=O) groups excluding carboxylic acids is 4. The Morgan fingerprint density at radius 1 is 0.894 bits per heavy atom. The summed E-state index contributed by atoms with van der Waals surface area (Å²) in [4.78, 5) is 69.8. The lowest BCUT2D eigenvalue weighted by molar-refractivity contribution is -0.139. The molecule has 2 aromatic carbocycles. The molecule has 0 unspecified atom stereocenters. The van der Waals surface area contributed by atoms with Crippen molar-refractivity contribution in [2.24, 2.45) is 0 Å². The predicted octanol–water partition coefficient (Wildman–Crippen LogP) is 4.40. The number of pyridine rings is 1. The minimum Gasteiger partial charge on any atom is -0.494 e. The van der Waals surface area contributed by atoms with E-state index < -0.39 is 57.6 Å². The summed E-state index contributed by atoms with van der Waals surface area (Å²) in [6.07, 6.45) is 6.49. The number of hydrogen-bond acceptors (Lipinski definition) is 9. The Bertz CT molecular complexity index is 2030. The monoisotopic (exact) mass is 630 g/mol. The number of nitrogens with zero attached hydrogens (tertiary/aromatic N) is 4. The smallest absolute Gasteiger partial charge is 0.340 e. The first-order valence-electron chi connectivity index (χ1n) is 14.1. The zero-order chi connectivity index (χ0) is 34.1. The predicted molar refractivity (Wildman–Crippen MR) is 170 cm³/mol. The SMILES string of the molecule is [C-]#[N+]C1=C(C(=O)OCC)/C(=C/C=CC=Cc2c(C(=O)OCC)c(C#N)c(=O)n(-c3ccccc3)c2O)C(=O)N(c2ccccc2)C1=O. The first-order valence-corrected chi connectivity index (χ1v) is 14.1. The molecule has 0 atom stereocenters. The highest BCUT2D eigenvalue weighted by Crippen LogP contribution is 2.32. The Labute approximate surface area is 268 Å². The summed E-state index contributed by atoms with van der Waals surface area (Å²) in [5.74, 6) is -4.53. The molecule has 1 N–H and O–H groups in total. The molecule has 0 saturated carbocycles. The molecule has 2 heterocycles. The third kappa shape index (κ3) is 6.53. The summed E-state index contributed by atoms with van der Waals surface area (Å²) in [6, 6.07) is 17.6. The maximum absolute atomic E-state index is 13.6. The number of benzene rings is 2. The zero-order valence-corrected chi connectivity index (χ0v) is 25.2. The minimum absolute atomic E-state index is 0.0672. The molecule has 0 saturated heterocycles. The molecule has 234 valence electrons. The second kappa shape index (κ2) is 14.8. The third-order valence-electron chi connectivity index (χ3n) is 6.69. The number of nitriles is 1. The van der Waals surface area contributed by atoms with Gasteiger partial charge < -0.3 is 14.6 Å². The van der Waals surface area contributed by atoms with Crippen LogP contribution in [0.2, 0.25) is 0 Å². The second-order valence-electron chi connectivity index (χ2n) is 9.46. The topological polar surface area (TPSA) is 160 Å². The maximum atomic E-state index is 13.6. The summed E-state index contributed by atoms with van der Waals surface area (Å²) in [6.45, 7) is 10.5. The van der Waals surface area contributed by atoms with E-state index in [1.54, 1.807) is 42.5 Å². The van der Waals surface area contributed by atoms with Gasteiger partial charge in [-0.05, 0) is 50.3 Å². The summed E-state index contributed by atoms with van der Waals surface area (Å²) >= 11 is 0. The van der Waals surface area contributed by atoms with Gasteiger partial charge in [0.05, 0.1) is 47.9 Å². The normalized spacial score (nSPS) is 14.0. The van der Waals surface area contributed by atoms with E-state index in [1.807, 2.05) is 0 Å². The van der Waals surface area contributed by atoms with E-state index in [1.165, 1.54) is 68.5 Å². The maximum Gasteiger partial charge on any atom is 0.340 e. The fourth-order valence-electron chi connectivity index (χ4n) is 4.68. The van der Waals surface area contributed by atoms with E-state index in [9.17, 15) is 34.3 Å². The van der Waals surface area contributed by atoms with E-state index in [0.717, 1.165) is 9.47 Å². The first-order chi connectivity index (χ1) is 22.7. The van der Waals surface area contributed by atoms with Crippen molar-refractivity contribution in [1.29, 1.82) is 5.26 Å². The van der Waals surface area contributed by atoms with Gasteiger partial charge in [-0.2, -0.15) is 5.26 Å². The molecule has 0 bridgehead atoms. The number of esters is 2. The van der Waals surface area contributed by atoms with Crippen LogP contribution in [0.4, 0.5) is 5.69 Å². The fraction of sp³-hybridized carbons (Fsp3) is 0.114. The number of para-hydroxylation sites is 2. The van der Waals surface area contributed by atoms with Crippen molar-refractivity contribution >= 4 is 35.5 Å². The number of hydrogen-bond donors (Lipinski definition) is 1. The van der Waals surface area contributed by atoms with Crippen LogP contribution in [0, 0.1) is 17.9 Å². The average molecular weight is 631 g/mol. The Kier molecular flexibility index (Phi) is 10.4. The van der Waals surface area contributed by atoms with Crippen LogP contribution in [-0.4, -0.2) is 46.6 Å². The van der Waals surface area contributed by atoms with Crippen LogP contribution in [0.1, 0.15) is 35.3 Å². The molecule has 0 spiro atoms. The molecular formula is C35H26N4O8. The molecule has 3 aromatic rings. The number of amides is 2. The van der Waals surface area contributed by atoms with E-state index in [4.69, 9.17) is 16.0 Å². The van der Waals surface area contributed by atoms with Crippen LogP contribution in [0.15, 0.2) is 107 Å². The standard InChI is InChI=1S/C35H26N4O8/c1-4-46-34(44)27-24(30(40)38(32(42)26(27)21-36)22-15-9-6-10-16-22)19-13-8-14-20-25-28(35(45)47-5-2)29(37-3)33(43)39(31(25)41)23-17-11-7-12-18-23/h6-20,40H,4-5H2,1-2H3/b14-8?,19-13?,25-20-. The number of ether oxygens (including phenoxy) is 2. The van der Waals surface area contributed by atoms with Crippen LogP contribution in [0.3, 0.4) is 0 Å². The molecule has 12 heteroatoms. The fourth-order valence-corrected chi connectivity index (χ4v) is 4.68. The highest BCUT2D eigenvalue weighted by atomic mass is 16.5. The van der Waals surface area contributed by atoms with E-state index in [0.29, 0.717) is 0 Å². The number of aromatic nitrogens is 1. The number of rotatable bonds is 9. The van der Waals surface area contributed by atoms with Crippen LogP contribution < -0.4 is 10.5 Å². The number of anilines is 1. The molecule has 1 aromatic heterocycles. The third-order valence-corrected chi connectivity index (χ3v) is 6.69. The molecule has 2 amide bonds. The van der Waals surface area contributed by atoms with Gasteiger partial charge in [0.25, 0.3) is 23.1 Å². The van der Waals surface area contributed by atoms with Crippen LogP contribution in [0.5, 0.6) is 5.88 Å². The lowest BCUT2D eigenvalue weighted by atomic mass is 9.96. The molecule has 4 rings (SSSR count). The Balaban J connectivity index is 1.85. The second-order valence-corrected chi connectivity index (χ2v) is 9.46. The lowest BCUT2D eigenvalue weighted by Gasteiger charge is -2.27. The van der Waals surface area contributed by atoms with Crippen LogP contribution in [-0.2, 0) is 23.9 Å². The summed E-state index contributed by atoms with van der Waals surface area (Å²) < 4.78 is 11.0. The van der Waals surface area contributed by atoms with Gasteiger partial charge in [-0.3, -0.25) is 19.3 Å². The van der Waals surface area contributed by atoms with Gasteiger partial charge in [-0.25, -0.2) is 19.0 Å². The number of aromatic hydroxyl groups is 1.